The van der Waals surface area contributed by atoms with Crippen LogP contribution in [0.1, 0.15) is 21.7 Å². The maximum absolute atomic E-state index is 5.38. The summed E-state index contributed by atoms with van der Waals surface area (Å²) < 4.78 is 7.83. The van der Waals surface area contributed by atoms with Crippen LogP contribution in [-0.4, -0.2) is 0 Å². The molecule has 4 heteroatoms. The maximum Gasteiger partial charge on any atom is 0.105 e. The van der Waals surface area contributed by atoms with Crippen LogP contribution in [0.5, 0.6) is 0 Å². The third-order valence-corrected chi connectivity index (χ3v) is 5.98. The first-order chi connectivity index (χ1) is 8.68. The van der Waals surface area contributed by atoms with Gasteiger partial charge in [-0.15, -0.1) is 11.3 Å². The molecular weight excluding hydrogens is 376 g/mol. The molecule has 92 valence electrons. The predicted molar refractivity (Wildman–Crippen MR) is 83.7 cm³/mol. The highest BCUT2D eigenvalue weighted by molar-refractivity contribution is 9.10. The summed E-state index contributed by atoms with van der Waals surface area (Å²) in [6.07, 6.45) is 1.74. The first-order valence-corrected chi connectivity index (χ1v) is 8.11. The van der Waals surface area contributed by atoms with Crippen molar-refractivity contribution in [2.75, 3.05) is 0 Å². The highest BCUT2D eigenvalue weighted by Crippen LogP contribution is 2.41. The minimum Gasteiger partial charge on any atom is -0.469 e. The van der Waals surface area contributed by atoms with Crippen LogP contribution < -0.4 is 0 Å². The zero-order valence-corrected chi connectivity index (χ0v) is 13.6. The Morgan fingerprint density at radius 2 is 2.06 bits per heavy atom. The summed E-state index contributed by atoms with van der Waals surface area (Å²) in [6.45, 7) is 1.99. The topological polar surface area (TPSA) is 13.1 Å². The van der Waals surface area contributed by atoms with Gasteiger partial charge in [-0.3, -0.25) is 0 Å². The van der Waals surface area contributed by atoms with Crippen molar-refractivity contribution >= 4 is 53.3 Å². The molecule has 0 amide bonds. The number of hydrogen-bond donors (Lipinski definition) is 0. The van der Waals surface area contributed by atoms with Gasteiger partial charge < -0.3 is 4.42 Å². The van der Waals surface area contributed by atoms with Crippen LogP contribution in [0.4, 0.5) is 0 Å². The van der Waals surface area contributed by atoms with E-state index in [0.29, 0.717) is 0 Å². The summed E-state index contributed by atoms with van der Waals surface area (Å²) in [7, 11) is 0. The van der Waals surface area contributed by atoms with Gasteiger partial charge in [-0.2, -0.15) is 0 Å². The number of halogens is 2. The molecule has 3 rings (SSSR count). The third-order valence-electron chi connectivity index (χ3n) is 3.03. The lowest BCUT2D eigenvalue weighted by molar-refractivity contribution is 0.530. The van der Waals surface area contributed by atoms with E-state index in [9.17, 15) is 0 Å². The van der Waals surface area contributed by atoms with E-state index in [1.165, 1.54) is 21.2 Å². The highest BCUT2D eigenvalue weighted by Gasteiger charge is 2.18. The number of furan rings is 1. The summed E-state index contributed by atoms with van der Waals surface area (Å²) >= 11 is 9.14. The first kappa shape index (κ1) is 12.5. The van der Waals surface area contributed by atoms with E-state index >= 15 is 0 Å². The lowest BCUT2D eigenvalue weighted by Gasteiger charge is -2.08. The molecule has 0 bridgehead atoms. The Labute approximate surface area is 126 Å². The van der Waals surface area contributed by atoms with Crippen LogP contribution in [0.15, 0.2) is 44.8 Å². The second-order valence-electron chi connectivity index (χ2n) is 4.10. The number of fused-ring (bicyclic) bond motifs is 1. The van der Waals surface area contributed by atoms with Crippen LogP contribution in [0.2, 0.25) is 0 Å². The lowest BCUT2D eigenvalue weighted by atomic mass is 10.0. The van der Waals surface area contributed by atoms with Gasteiger partial charge in [0.2, 0.25) is 0 Å². The minimum atomic E-state index is 0.180. The van der Waals surface area contributed by atoms with Crippen molar-refractivity contribution in [3.63, 3.8) is 0 Å². The molecular formula is C14H10Br2OS. The van der Waals surface area contributed by atoms with E-state index in [1.807, 2.05) is 13.0 Å². The summed E-state index contributed by atoms with van der Waals surface area (Å²) in [5.41, 5.74) is 2.48. The standard InChI is InChI=1S/C14H10Br2OS/c1-8-9(5-6-17-8)13(16)11-7-18-14-10(11)3-2-4-12(14)15/h2-7,13H,1H3. The van der Waals surface area contributed by atoms with Gasteiger partial charge in [0.05, 0.1) is 11.1 Å². The summed E-state index contributed by atoms with van der Waals surface area (Å²) in [6, 6.07) is 8.34. The molecule has 2 aromatic heterocycles. The second kappa shape index (κ2) is 4.83. The fraction of sp³-hybridized carbons (Fsp3) is 0.143. The average Bonchev–Trinajstić information content (AvgIpc) is 2.95. The second-order valence-corrected chi connectivity index (χ2v) is 6.75. The Hall–Kier alpha value is -0.580. The molecule has 0 fully saturated rings. The lowest BCUT2D eigenvalue weighted by Crippen LogP contribution is -1.91. The number of benzene rings is 1. The van der Waals surface area contributed by atoms with Gasteiger partial charge in [-0.1, -0.05) is 28.1 Å². The quantitative estimate of drug-likeness (QED) is 0.489. The first-order valence-electron chi connectivity index (χ1n) is 5.52. The SMILES string of the molecule is Cc1occc1C(Br)c1csc2c(Br)cccc12. The van der Waals surface area contributed by atoms with Gasteiger partial charge >= 0.3 is 0 Å². The van der Waals surface area contributed by atoms with Crippen molar-refractivity contribution in [3.8, 4) is 0 Å². The molecule has 0 radical (unpaired) electrons. The largest absolute Gasteiger partial charge is 0.469 e. The van der Waals surface area contributed by atoms with Crippen molar-refractivity contribution in [1.82, 2.24) is 0 Å². The number of rotatable bonds is 2. The molecule has 0 aliphatic carbocycles. The van der Waals surface area contributed by atoms with Gasteiger partial charge in [0.1, 0.15) is 5.76 Å². The molecule has 0 saturated carbocycles. The highest BCUT2D eigenvalue weighted by atomic mass is 79.9. The summed E-state index contributed by atoms with van der Waals surface area (Å²) in [5, 5.41) is 3.50. The van der Waals surface area contributed by atoms with Gasteiger partial charge in [0, 0.05) is 14.7 Å². The van der Waals surface area contributed by atoms with Crippen LogP contribution in [-0.2, 0) is 0 Å². The normalized spacial score (nSPS) is 13.1. The molecule has 0 aliphatic heterocycles. The number of alkyl halides is 1. The summed E-state index contributed by atoms with van der Waals surface area (Å²) in [4.78, 5) is 0.180. The number of thiophene rings is 1. The fourth-order valence-electron chi connectivity index (χ4n) is 2.06. The number of aryl methyl sites for hydroxylation is 1. The molecule has 1 aromatic carbocycles. The maximum atomic E-state index is 5.38. The van der Waals surface area contributed by atoms with Gasteiger partial charge in [-0.25, -0.2) is 0 Å². The van der Waals surface area contributed by atoms with Gasteiger partial charge in [0.15, 0.2) is 0 Å². The molecule has 0 spiro atoms. The zero-order chi connectivity index (χ0) is 12.7. The van der Waals surface area contributed by atoms with Crippen molar-refractivity contribution in [1.29, 1.82) is 0 Å². The van der Waals surface area contributed by atoms with Crippen molar-refractivity contribution in [2.24, 2.45) is 0 Å². The Balaban J connectivity index is 2.16. The average molecular weight is 386 g/mol. The third kappa shape index (κ3) is 1.96. The van der Waals surface area contributed by atoms with E-state index in [0.717, 1.165) is 10.2 Å². The molecule has 3 aromatic rings. The molecule has 1 nitrogen and oxygen atoms in total. The Kier molecular flexibility index (Phi) is 3.34. The molecule has 0 aliphatic rings. The number of hydrogen-bond acceptors (Lipinski definition) is 2. The molecule has 18 heavy (non-hydrogen) atoms. The van der Waals surface area contributed by atoms with Crippen molar-refractivity contribution in [3.05, 3.63) is 57.3 Å². The van der Waals surface area contributed by atoms with E-state index < -0.39 is 0 Å². The van der Waals surface area contributed by atoms with Crippen LogP contribution in [0.25, 0.3) is 10.1 Å². The van der Waals surface area contributed by atoms with Crippen LogP contribution in [0, 0.1) is 6.92 Å². The van der Waals surface area contributed by atoms with Crippen molar-refractivity contribution in [2.45, 2.75) is 11.8 Å². The zero-order valence-electron chi connectivity index (χ0n) is 9.61. The molecule has 0 saturated heterocycles. The van der Waals surface area contributed by atoms with Crippen LogP contribution >= 0.6 is 43.2 Å². The van der Waals surface area contributed by atoms with Gasteiger partial charge in [-0.05, 0) is 51.3 Å². The Morgan fingerprint density at radius 3 is 2.78 bits per heavy atom. The van der Waals surface area contributed by atoms with E-state index in [4.69, 9.17) is 4.42 Å². The molecule has 0 N–H and O–H groups in total. The van der Waals surface area contributed by atoms with Crippen molar-refractivity contribution < 1.29 is 4.42 Å². The molecule has 2 heterocycles. The molecule has 1 atom stereocenters. The monoisotopic (exact) mass is 384 g/mol. The molecule has 1 unspecified atom stereocenters. The minimum absolute atomic E-state index is 0.180. The summed E-state index contributed by atoms with van der Waals surface area (Å²) in [5.74, 6) is 0.964. The fourth-order valence-corrected chi connectivity index (χ4v) is 4.74. The van der Waals surface area contributed by atoms with Crippen LogP contribution in [0.3, 0.4) is 0 Å². The van der Waals surface area contributed by atoms with E-state index in [-0.39, 0.29) is 4.83 Å². The Morgan fingerprint density at radius 1 is 1.22 bits per heavy atom. The Bertz CT molecular complexity index is 699. The van der Waals surface area contributed by atoms with Gasteiger partial charge in [0.25, 0.3) is 0 Å². The van der Waals surface area contributed by atoms with E-state index in [1.54, 1.807) is 17.6 Å². The predicted octanol–water partition coefficient (Wildman–Crippen LogP) is 6.05. The smallest absolute Gasteiger partial charge is 0.105 e. The van der Waals surface area contributed by atoms with E-state index in [2.05, 4.69) is 55.4 Å².